The highest BCUT2D eigenvalue weighted by Crippen LogP contribution is 2.28. The molecule has 132 valence electrons. The molecule has 0 aliphatic carbocycles. The molecule has 0 amide bonds. The number of nitro groups is 1. The summed E-state index contributed by atoms with van der Waals surface area (Å²) in [5.74, 6) is 0.0874. The Bertz CT molecular complexity index is 982. The first-order chi connectivity index (χ1) is 12.4. The first kappa shape index (κ1) is 17.8. The zero-order valence-electron chi connectivity index (χ0n) is 13.9. The molecule has 0 unspecified atom stereocenters. The number of esters is 1. The van der Waals surface area contributed by atoms with E-state index in [0.717, 1.165) is 10.0 Å². The van der Waals surface area contributed by atoms with Crippen molar-refractivity contribution in [2.75, 3.05) is 7.11 Å². The van der Waals surface area contributed by atoms with Gasteiger partial charge in [-0.25, -0.2) is 9.79 Å². The molecule has 0 radical (unpaired) electrons. The van der Waals surface area contributed by atoms with Crippen LogP contribution in [0, 0.1) is 17.0 Å². The topological polar surface area (TPSA) is 91.0 Å². The molecule has 0 atom stereocenters. The van der Waals surface area contributed by atoms with Crippen LogP contribution in [-0.2, 0) is 9.53 Å². The number of benzene rings is 2. The fourth-order valence-electron chi connectivity index (χ4n) is 2.40. The highest BCUT2D eigenvalue weighted by atomic mass is 79.9. The molecule has 3 rings (SSSR count). The highest BCUT2D eigenvalue weighted by molar-refractivity contribution is 9.10. The Morgan fingerprint density at radius 2 is 2.04 bits per heavy atom. The minimum atomic E-state index is -0.616. The summed E-state index contributed by atoms with van der Waals surface area (Å²) < 4.78 is 11.1. The summed E-state index contributed by atoms with van der Waals surface area (Å²) in [6, 6.07) is 9.87. The third-order valence-electron chi connectivity index (χ3n) is 3.75. The molecular formula is C18H13BrN2O5. The molecule has 2 aromatic carbocycles. The molecule has 26 heavy (non-hydrogen) atoms. The van der Waals surface area contributed by atoms with Gasteiger partial charge < -0.3 is 9.47 Å². The van der Waals surface area contributed by atoms with Crippen LogP contribution in [0.3, 0.4) is 0 Å². The lowest BCUT2D eigenvalue weighted by Crippen LogP contribution is -2.06. The number of nitrogens with zero attached hydrogens (tertiary/aromatic N) is 2. The van der Waals surface area contributed by atoms with Crippen LogP contribution in [0.1, 0.15) is 16.7 Å². The van der Waals surface area contributed by atoms with E-state index in [1.54, 1.807) is 50.4 Å². The van der Waals surface area contributed by atoms with Crippen molar-refractivity contribution < 1.29 is 19.2 Å². The van der Waals surface area contributed by atoms with E-state index < -0.39 is 10.9 Å². The number of nitro benzene ring substituents is 1. The molecule has 0 spiro atoms. The van der Waals surface area contributed by atoms with Gasteiger partial charge in [0.1, 0.15) is 5.75 Å². The van der Waals surface area contributed by atoms with Gasteiger partial charge in [0.25, 0.3) is 5.69 Å². The lowest BCUT2D eigenvalue weighted by molar-refractivity contribution is -0.385. The monoisotopic (exact) mass is 416 g/mol. The minimum absolute atomic E-state index is 0.0388. The molecule has 1 heterocycles. The third-order valence-corrected chi connectivity index (χ3v) is 4.37. The van der Waals surface area contributed by atoms with Crippen molar-refractivity contribution in [3.8, 4) is 5.75 Å². The van der Waals surface area contributed by atoms with Crippen molar-refractivity contribution in [3.05, 3.63) is 73.4 Å². The number of halogens is 1. The predicted octanol–water partition coefficient (Wildman–Crippen LogP) is 4.02. The van der Waals surface area contributed by atoms with Crippen LogP contribution in [0.25, 0.3) is 6.08 Å². The fourth-order valence-corrected chi connectivity index (χ4v) is 2.96. The Hall–Kier alpha value is -3.00. The number of hydrogen-bond donors (Lipinski definition) is 0. The van der Waals surface area contributed by atoms with Gasteiger partial charge in [-0.05, 0) is 52.7 Å². The van der Waals surface area contributed by atoms with Gasteiger partial charge >= 0.3 is 5.97 Å². The Labute approximate surface area is 157 Å². The van der Waals surface area contributed by atoms with E-state index in [0.29, 0.717) is 16.9 Å². The summed E-state index contributed by atoms with van der Waals surface area (Å²) >= 11 is 3.38. The van der Waals surface area contributed by atoms with Crippen LogP contribution >= 0.6 is 15.9 Å². The number of methoxy groups -OCH3 is 1. The summed E-state index contributed by atoms with van der Waals surface area (Å²) in [5.41, 5.74) is 1.67. The molecule has 1 aliphatic rings. The average molecular weight is 417 g/mol. The van der Waals surface area contributed by atoms with Gasteiger partial charge in [0, 0.05) is 17.2 Å². The van der Waals surface area contributed by atoms with Crippen LogP contribution in [-0.4, -0.2) is 23.9 Å². The normalized spacial score (nSPS) is 15.0. The number of aryl methyl sites for hydroxylation is 1. The molecule has 0 N–H and O–H groups in total. The van der Waals surface area contributed by atoms with E-state index in [9.17, 15) is 14.9 Å². The maximum atomic E-state index is 12.1. The van der Waals surface area contributed by atoms with Crippen LogP contribution < -0.4 is 4.74 Å². The van der Waals surface area contributed by atoms with Gasteiger partial charge in [0.2, 0.25) is 5.90 Å². The molecule has 1 aliphatic heterocycles. The summed E-state index contributed by atoms with van der Waals surface area (Å²) in [5, 5.41) is 11.1. The van der Waals surface area contributed by atoms with E-state index in [-0.39, 0.29) is 17.3 Å². The number of hydrogen-bond acceptors (Lipinski definition) is 6. The SMILES string of the molecule is COc1ccc(C=C2N=C(c3ccc(C)c([N+](=O)[O-])c3)OC2=O)cc1Br. The summed E-state index contributed by atoms with van der Waals surface area (Å²) in [6.07, 6.45) is 1.57. The maximum Gasteiger partial charge on any atom is 0.363 e. The van der Waals surface area contributed by atoms with Crippen LogP contribution in [0.5, 0.6) is 5.75 Å². The molecule has 0 fully saturated rings. The van der Waals surface area contributed by atoms with Crippen molar-refractivity contribution in [3.63, 3.8) is 0 Å². The van der Waals surface area contributed by atoms with E-state index in [1.165, 1.54) is 6.07 Å². The molecule has 0 saturated carbocycles. The van der Waals surface area contributed by atoms with Gasteiger partial charge in [0.15, 0.2) is 5.70 Å². The average Bonchev–Trinajstić information content (AvgIpc) is 2.96. The second kappa shape index (κ2) is 7.09. The summed E-state index contributed by atoms with van der Waals surface area (Å²) in [6.45, 7) is 1.64. The van der Waals surface area contributed by atoms with Crippen molar-refractivity contribution in [1.29, 1.82) is 0 Å². The second-order valence-electron chi connectivity index (χ2n) is 5.49. The molecule has 7 nitrogen and oxygen atoms in total. The molecule has 8 heteroatoms. The van der Waals surface area contributed by atoms with Crippen molar-refractivity contribution in [2.45, 2.75) is 6.92 Å². The maximum absolute atomic E-state index is 12.1. The van der Waals surface area contributed by atoms with Crippen LogP contribution in [0.15, 0.2) is 51.6 Å². The Morgan fingerprint density at radius 3 is 2.69 bits per heavy atom. The Morgan fingerprint density at radius 1 is 1.27 bits per heavy atom. The molecule has 0 bridgehead atoms. The van der Waals surface area contributed by atoms with Crippen molar-refractivity contribution in [2.24, 2.45) is 4.99 Å². The zero-order chi connectivity index (χ0) is 18.8. The zero-order valence-corrected chi connectivity index (χ0v) is 15.4. The number of carbonyl (C=O) groups excluding carboxylic acids is 1. The predicted molar refractivity (Wildman–Crippen MR) is 99.1 cm³/mol. The Balaban J connectivity index is 1.95. The number of carbonyl (C=O) groups is 1. The lowest BCUT2D eigenvalue weighted by Gasteiger charge is -2.03. The minimum Gasteiger partial charge on any atom is -0.496 e. The van der Waals surface area contributed by atoms with E-state index in [4.69, 9.17) is 9.47 Å². The van der Waals surface area contributed by atoms with E-state index >= 15 is 0 Å². The van der Waals surface area contributed by atoms with Gasteiger partial charge in [-0.15, -0.1) is 0 Å². The largest absolute Gasteiger partial charge is 0.496 e. The lowest BCUT2D eigenvalue weighted by atomic mass is 10.1. The molecule has 0 saturated heterocycles. The van der Waals surface area contributed by atoms with Crippen LogP contribution in [0.2, 0.25) is 0 Å². The molecular weight excluding hydrogens is 404 g/mol. The Kier molecular flexibility index (Phi) is 4.85. The highest BCUT2D eigenvalue weighted by Gasteiger charge is 2.25. The van der Waals surface area contributed by atoms with Gasteiger partial charge in [-0.2, -0.15) is 0 Å². The third kappa shape index (κ3) is 3.50. The standard InChI is InChI=1S/C18H13BrN2O5/c1-10-3-5-12(9-15(10)21(23)24)17-20-14(18(22)26-17)8-11-4-6-16(25-2)13(19)7-11/h3-9H,1-2H3. The fraction of sp³-hybridized carbons (Fsp3) is 0.111. The van der Waals surface area contributed by atoms with Crippen LogP contribution in [0.4, 0.5) is 5.69 Å². The van der Waals surface area contributed by atoms with Crippen molar-refractivity contribution >= 4 is 39.6 Å². The van der Waals surface area contributed by atoms with E-state index in [1.807, 2.05) is 0 Å². The van der Waals surface area contributed by atoms with Gasteiger partial charge in [-0.3, -0.25) is 10.1 Å². The first-order valence-corrected chi connectivity index (χ1v) is 8.30. The number of aliphatic imine (C=N–C) groups is 1. The second-order valence-corrected chi connectivity index (χ2v) is 6.34. The number of rotatable bonds is 4. The first-order valence-electron chi connectivity index (χ1n) is 7.50. The quantitative estimate of drug-likeness (QED) is 0.324. The van der Waals surface area contributed by atoms with Gasteiger partial charge in [0.05, 0.1) is 16.5 Å². The number of cyclic esters (lactones) is 1. The summed E-state index contributed by atoms with van der Waals surface area (Å²) in [4.78, 5) is 26.8. The van der Waals surface area contributed by atoms with E-state index in [2.05, 4.69) is 20.9 Å². The smallest absolute Gasteiger partial charge is 0.363 e. The van der Waals surface area contributed by atoms with Gasteiger partial charge in [-0.1, -0.05) is 12.1 Å². The molecule has 0 aromatic heterocycles. The number of ether oxygens (including phenoxy) is 2. The van der Waals surface area contributed by atoms with Crippen molar-refractivity contribution in [1.82, 2.24) is 0 Å². The summed E-state index contributed by atoms with van der Waals surface area (Å²) in [7, 11) is 1.56. The molecule has 2 aromatic rings.